The molecule has 5 heteroatoms. The fraction of sp³-hybridized carbons (Fsp3) is 0.286. The molecule has 0 saturated heterocycles. The molecule has 0 atom stereocenters. The molecule has 0 saturated carbocycles. The average Bonchev–Trinajstić information content (AvgIpc) is 2.64. The lowest BCUT2D eigenvalue weighted by Gasteiger charge is -2.10. The van der Waals surface area contributed by atoms with Crippen LogP contribution in [0.5, 0.6) is 0 Å². The van der Waals surface area contributed by atoms with Gasteiger partial charge in [-0.2, -0.15) is 0 Å². The molecule has 0 bridgehead atoms. The third-order valence-electron chi connectivity index (χ3n) is 3.07. The summed E-state index contributed by atoms with van der Waals surface area (Å²) >= 11 is 0. The Morgan fingerprint density at radius 1 is 1.53 bits per heavy atom. The van der Waals surface area contributed by atoms with Gasteiger partial charge >= 0.3 is 5.97 Å². The number of hydrogen-bond donors (Lipinski definition) is 2. The van der Waals surface area contributed by atoms with Crippen LogP contribution in [-0.4, -0.2) is 30.6 Å². The smallest absolute Gasteiger partial charge is 0.328 e. The van der Waals surface area contributed by atoms with Crippen molar-refractivity contribution < 1.29 is 14.7 Å². The van der Waals surface area contributed by atoms with Crippen LogP contribution in [0.3, 0.4) is 0 Å². The zero-order chi connectivity index (χ0) is 13.8. The molecule has 1 heterocycles. The minimum atomic E-state index is -0.944. The van der Waals surface area contributed by atoms with Gasteiger partial charge in [0.15, 0.2) is 0 Å². The lowest BCUT2D eigenvalue weighted by Crippen LogP contribution is -2.20. The summed E-state index contributed by atoms with van der Waals surface area (Å²) in [5.74, 6) is -0.828. The van der Waals surface area contributed by atoms with E-state index in [0.717, 1.165) is 22.9 Å². The van der Waals surface area contributed by atoms with Gasteiger partial charge in [0.05, 0.1) is 6.42 Å². The number of fused-ring (bicyclic) bond motifs is 1. The molecule has 2 rings (SSSR count). The van der Waals surface area contributed by atoms with Crippen LogP contribution in [0.25, 0.3) is 0 Å². The summed E-state index contributed by atoms with van der Waals surface area (Å²) in [5, 5.41) is 11.6. The van der Waals surface area contributed by atoms with Crippen molar-refractivity contribution in [1.29, 1.82) is 0 Å². The molecular weight excluding hydrogens is 244 g/mol. The maximum Gasteiger partial charge on any atom is 0.328 e. The number of nitrogens with zero attached hydrogens (tertiary/aromatic N) is 1. The summed E-state index contributed by atoms with van der Waals surface area (Å²) in [6, 6.07) is 5.94. The third-order valence-corrected chi connectivity index (χ3v) is 3.07. The molecule has 1 aliphatic rings. The molecule has 0 aliphatic carbocycles. The quantitative estimate of drug-likeness (QED) is 0.610. The minimum absolute atomic E-state index is 0.115. The number of benzene rings is 1. The van der Waals surface area contributed by atoms with E-state index in [4.69, 9.17) is 5.11 Å². The summed E-state index contributed by atoms with van der Waals surface area (Å²) in [5.41, 5.74) is 3.11. The first kappa shape index (κ1) is 13.3. The monoisotopic (exact) mass is 260 g/mol. The molecule has 2 N–H and O–H groups in total. The Morgan fingerprint density at radius 3 is 3.05 bits per heavy atom. The lowest BCUT2D eigenvalue weighted by atomic mass is 10.1. The maximum absolute atomic E-state index is 11.6. The molecule has 0 unspecified atom stereocenters. The first-order valence-corrected chi connectivity index (χ1v) is 6.06. The molecule has 0 aromatic heterocycles. The van der Waals surface area contributed by atoms with Crippen molar-refractivity contribution in [3.8, 4) is 0 Å². The number of nitrogens with one attached hydrogen (secondary N) is 1. The van der Waals surface area contributed by atoms with Crippen LogP contribution >= 0.6 is 0 Å². The van der Waals surface area contributed by atoms with Crippen LogP contribution < -0.4 is 10.2 Å². The molecule has 1 aromatic carbocycles. The number of carbonyl (C=O) groups is 2. The van der Waals surface area contributed by atoms with Gasteiger partial charge in [-0.1, -0.05) is 18.2 Å². The molecule has 100 valence electrons. The number of aliphatic carboxylic acids is 1. The average molecular weight is 260 g/mol. The molecule has 1 aromatic rings. The number of rotatable bonds is 5. The number of carboxylic acid groups (broad SMARTS) is 1. The highest BCUT2D eigenvalue weighted by Crippen LogP contribution is 2.28. The predicted molar refractivity (Wildman–Crippen MR) is 72.0 cm³/mol. The van der Waals surface area contributed by atoms with Crippen molar-refractivity contribution >= 4 is 17.6 Å². The normalized spacial score (nSPS) is 14.2. The summed E-state index contributed by atoms with van der Waals surface area (Å²) in [6.45, 7) is 1.15. The summed E-state index contributed by atoms with van der Waals surface area (Å²) < 4.78 is 0. The Hall–Kier alpha value is -2.14. The van der Waals surface area contributed by atoms with E-state index in [-0.39, 0.29) is 5.91 Å². The van der Waals surface area contributed by atoms with Gasteiger partial charge in [0.1, 0.15) is 0 Å². The van der Waals surface area contributed by atoms with E-state index in [1.807, 2.05) is 18.2 Å². The number of hydrogen-bond acceptors (Lipinski definition) is 3. The van der Waals surface area contributed by atoms with Gasteiger partial charge in [0.2, 0.25) is 5.91 Å². The van der Waals surface area contributed by atoms with Crippen molar-refractivity contribution in [2.75, 3.05) is 18.5 Å². The van der Waals surface area contributed by atoms with E-state index in [1.165, 1.54) is 0 Å². The summed E-state index contributed by atoms with van der Waals surface area (Å²) in [4.78, 5) is 23.5. The summed E-state index contributed by atoms with van der Waals surface area (Å²) in [6.07, 6.45) is 3.13. The molecule has 1 aliphatic heterocycles. The number of carbonyl (C=O) groups excluding carboxylic acids is 1. The third kappa shape index (κ3) is 3.20. The van der Waals surface area contributed by atoms with Gasteiger partial charge in [-0.3, -0.25) is 4.79 Å². The van der Waals surface area contributed by atoms with Crippen LogP contribution in [0.2, 0.25) is 0 Å². The van der Waals surface area contributed by atoms with E-state index in [1.54, 1.807) is 18.0 Å². The van der Waals surface area contributed by atoms with Gasteiger partial charge in [-0.25, -0.2) is 4.79 Å². The second kappa shape index (κ2) is 5.67. The highest BCUT2D eigenvalue weighted by Gasteiger charge is 2.23. The number of amides is 1. The van der Waals surface area contributed by atoms with Crippen molar-refractivity contribution in [2.45, 2.75) is 13.0 Å². The van der Waals surface area contributed by atoms with Crippen molar-refractivity contribution in [1.82, 2.24) is 5.32 Å². The molecule has 0 fully saturated rings. The SMILES string of the molecule is CN1C(=O)Cc2cc(CNC/C=C/C(=O)O)ccc21. The molecule has 1 amide bonds. The Bertz CT molecular complexity index is 537. The van der Waals surface area contributed by atoms with Crippen molar-refractivity contribution in [3.63, 3.8) is 0 Å². The number of anilines is 1. The van der Waals surface area contributed by atoms with Gasteiger partial charge in [0, 0.05) is 31.9 Å². The van der Waals surface area contributed by atoms with Crippen molar-refractivity contribution in [3.05, 3.63) is 41.5 Å². The van der Waals surface area contributed by atoms with Crippen LogP contribution in [0.1, 0.15) is 11.1 Å². The zero-order valence-corrected chi connectivity index (χ0v) is 10.7. The fourth-order valence-electron chi connectivity index (χ4n) is 2.09. The van der Waals surface area contributed by atoms with E-state index in [2.05, 4.69) is 5.32 Å². The second-order valence-corrected chi connectivity index (χ2v) is 4.46. The number of likely N-dealkylation sites (N-methyl/N-ethyl adjacent to an activating group) is 1. The van der Waals surface area contributed by atoms with Gasteiger partial charge in [-0.05, 0) is 17.2 Å². The summed E-state index contributed by atoms with van der Waals surface area (Å²) in [7, 11) is 1.78. The van der Waals surface area contributed by atoms with E-state index in [0.29, 0.717) is 19.5 Å². The molecule has 19 heavy (non-hydrogen) atoms. The topological polar surface area (TPSA) is 69.6 Å². The van der Waals surface area contributed by atoms with Crippen molar-refractivity contribution in [2.24, 2.45) is 0 Å². The van der Waals surface area contributed by atoms with Gasteiger partial charge < -0.3 is 15.3 Å². The first-order chi connectivity index (χ1) is 9.08. The zero-order valence-electron chi connectivity index (χ0n) is 10.7. The minimum Gasteiger partial charge on any atom is -0.478 e. The standard InChI is InChI=1S/C14H16N2O3/c1-16-12-5-4-10(7-11(12)8-13(16)17)9-15-6-2-3-14(18)19/h2-5,7,15H,6,8-9H2,1H3,(H,18,19)/b3-2+. The second-order valence-electron chi connectivity index (χ2n) is 4.46. The van der Waals surface area contributed by atoms with Crippen LogP contribution in [0, 0.1) is 0 Å². The van der Waals surface area contributed by atoms with Crippen LogP contribution in [-0.2, 0) is 22.6 Å². The van der Waals surface area contributed by atoms with Gasteiger partial charge in [0.25, 0.3) is 0 Å². The predicted octanol–water partition coefficient (Wildman–Crippen LogP) is 0.936. The maximum atomic E-state index is 11.6. The highest BCUT2D eigenvalue weighted by atomic mass is 16.4. The molecular formula is C14H16N2O3. The largest absolute Gasteiger partial charge is 0.478 e. The highest BCUT2D eigenvalue weighted by molar-refractivity contribution is 6.00. The van der Waals surface area contributed by atoms with E-state index < -0.39 is 5.97 Å². The molecule has 0 spiro atoms. The van der Waals surface area contributed by atoms with Gasteiger partial charge in [-0.15, -0.1) is 0 Å². The Morgan fingerprint density at radius 2 is 2.32 bits per heavy atom. The Kier molecular flexibility index (Phi) is 3.97. The Labute approximate surface area is 111 Å². The van der Waals surface area contributed by atoms with E-state index in [9.17, 15) is 9.59 Å². The lowest BCUT2D eigenvalue weighted by molar-refractivity contribution is -0.131. The van der Waals surface area contributed by atoms with Crippen LogP contribution in [0.15, 0.2) is 30.4 Å². The molecule has 0 radical (unpaired) electrons. The van der Waals surface area contributed by atoms with E-state index >= 15 is 0 Å². The molecule has 5 nitrogen and oxygen atoms in total. The number of carboxylic acids is 1. The van der Waals surface area contributed by atoms with Crippen LogP contribution in [0.4, 0.5) is 5.69 Å². The first-order valence-electron chi connectivity index (χ1n) is 6.06. The fourth-order valence-corrected chi connectivity index (χ4v) is 2.09. The Balaban J connectivity index is 1.91.